The number of ketones is 1. The van der Waals surface area contributed by atoms with Gasteiger partial charge in [0.2, 0.25) is 0 Å². The smallest absolute Gasteiger partial charge is 0.366 e. The average molecular weight is 509 g/mol. The fourth-order valence-corrected chi connectivity index (χ4v) is 5.16. The number of halogens is 3. The van der Waals surface area contributed by atoms with Gasteiger partial charge in [-0.05, 0) is 66.1 Å². The Labute approximate surface area is 215 Å². The molecule has 1 saturated heterocycles. The summed E-state index contributed by atoms with van der Waals surface area (Å²) in [5, 5.41) is 0. The molecule has 0 saturated carbocycles. The first-order valence-corrected chi connectivity index (χ1v) is 12.7. The first-order chi connectivity index (χ1) is 17.7. The molecule has 194 valence electrons. The highest BCUT2D eigenvalue weighted by Gasteiger charge is 2.31. The molecule has 0 amide bonds. The number of Topliss-reactive ketones (excluding diaryl/α,β-unsaturated/α-hetero) is 1. The number of pyridine rings is 1. The van der Waals surface area contributed by atoms with Gasteiger partial charge in [-0.3, -0.25) is 14.7 Å². The summed E-state index contributed by atoms with van der Waals surface area (Å²) in [4.78, 5) is 24.0. The molecular formula is C29H31F3N4O. The van der Waals surface area contributed by atoms with E-state index in [1.54, 1.807) is 18.3 Å². The molecule has 0 unspecified atom stereocenters. The van der Waals surface area contributed by atoms with Crippen molar-refractivity contribution in [2.24, 2.45) is 0 Å². The van der Waals surface area contributed by atoms with Crippen LogP contribution in [0.15, 0.2) is 60.9 Å². The van der Waals surface area contributed by atoms with Crippen LogP contribution in [0.5, 0.6) is 0 Å². The number of rotatable bonds is 6. The summed E-state index contributed by atoms with van der Waals surface area (Å²) in [6.07, 6.45) is -0.0971. The lowest BCUT2D eigenvalue weighted by Crippen LogP contribution is -2.43. The zero-order valence-electron chi connectivity index (χ0n) is 21.0. The van der Waals surface area contributed by atoms with Crippen molar-refractivity contribution in [2.45, 2.75) is 32.1 Å². The maximum absolute atomic E-state index is 13.7. The Kier molecular flexibility index (Phi) is 7.31. The van der Waals surface area contributed by atoms with E-state index in [0.29, 0.717) is 29.8 Å². The van der Waals surface area contributed by atoms with E-state index in [1.165, 1.54) is 11.6 Å². The Hall–Kier alpha value is -3.23. The normalized spacial score (nSPS) is 17.0. The van der Waals surface area contributed by atoms with Gasteiger partial charge in [0.25, 0.3) is 0 Å². The lowest BCUT2D eigenvalue weighted by Gasteiger charge is -2.32. The molecular weight excluding hydrogens is 477 g/mol. The van der Waals surface area contributed by atoms with E-state index < -0.39 is 11.7 Å². The van der Waals surface area contributed by atoms with Crippen molar-refractivity contribution in [3.8, 4) is 0 Å². The molecule has 0 radical (unpaired) electrons. The maximum atomic E-state index is 13.7. The fraction of sp³-hybridized carbons (Fsp3) is 0.379. The second-order valence-electron chi connectivity index (χ2n) is 10.1. The zero-order valence-corrected chi connectivity index (χ0v) is 21.0. The minimum Gasteiger partial charge on any atom is -0.366 e. The third kappa shape index (κ3) is 6.19. The van der Waals surface area contributed by atoms with Crippen LogP contribution in [0.1, 0.15) is 38.2 Å². The van der Waals surface area contributed by atoms with Gasteiger partial charge in [-0.15, -0.1) is 0 Å². The van der Waals surface area contributed by atoms with Gasteiger partial charge in [0.15, 0.2) is 5.78 Å². The molecule has 8 heteroatoms. The Morgan fingerprint density at radius 2 is 1.73 bits per heavy atom. The molecule has 3 heterocycles. The number of carbonyl (C=O) groups is 1. The van der Waals surface area contributed by atoms with Crippen molar-refractivity contribution in [1.82, 2.24) is 14.8 Å². The van der Waals surface area contributed by atoms with Gasteiger partial charge in [-0.1, -0.05) is 18.2 Å². The molecule has 0 atom stereocenters. The highest BCUT2D eigenvalue weighted by atomic mass is 19.4. The first-order valence-electron chi connectivity index (χ1n) is 12.7. The van der Waals surface area contributed by atoms with Gasteiger partial charge in [0, 0.05) is 64.0 Å². The Balaban J connectivity index is 1.34. The van der Waals surface area contributed by atoms with Crippen LogP contribution in [0.25, 0.3) is 0 Å². The number of fused-ring (bicyclic) bond motifs is 1. The lowest BCUT2D eigenvalue weighted by molar-refractivity contribution is -0.137. The molecule has 2 aliphatic rings. The molecule has 5 nitrogen and oxygen atoms in total. The van der Waals surface area contributed by atoms with Gasteiger partial charge < -0.3 is 9.80 Å². The number of hydrogen-bond acceptors (Lipinski definition) is 5. The minimum atomic E-state index is -4.46. The van der Waals surface area contributed by atoms with Crippen LogP contribution in [0.3, 0.4) is 0 Å². The van der Waals surface area contributed by atoms with Gasteiger partial charge >= 0.3 is 6.18 Å². The SMILES string of the molecule is CN1CCN(Cc2cc(CC(=O)c3ccc4c(c3)CN(c3cccnc3)CC4)cc(C(F)(F)F)c2)CC1. The monoisotopic (exact) mass is 508 g/mol. The van der Waals surface area contributed by atoms with Crippen LogP contribution in [-0.2, 0) is 32.1 Å². The van der Waals surface area contributed by atoms with Crippen LogP contribution < -0.4 is 4.90 Å². The fourth-order valence-electron chi connectivity index (χ4n) is 5.16. The molecule has 0 spiro atoms. The standard InChI is InChI=1S/C29H31F3N4O/c1-34-9-11-35(12-10-34)19-22-13-21(14-26(15-22)29(30,31)32)16-28(37)24-5-4-23-6-8-36(20-25(23)17-24)27-3-2-7-33-18-27/h2-5,7,13-15,17-18H,6,8-12,16,19-20H2,1H3. The predicted octanol–water partition coefficient (Wildman–Crippen LogP) is 4.84. The number of likely N-dealkylation sites (N-methyl/N-ethyl adjacent to an activating group) is 1. The number of benzene rings is 2. The summed E-state index contributed by atoms with van der Waals surface area (Å²) in [5.74, 6) is -0.175. The van der Waals surface area contributed by atoms with Crippen molar-refractivity contribution in [2.75, 3.05) is 44.7 Å². The number of hydrogen-bond donors (Lipinski definition) is 0. The summed E-state index contributed by atoms with van der Waals surface area (Å²) in [5.41, 5.74) is 4.13. The van der Waals surface area contributed by atoms with E-state index in [9.17, 15) is 18.0 Å². The average Bonchev–Trinajstić information content (AvgIpc) is 2.89. The summed E-state index contributed by atoms with van der Waals surface area (Å²) < 4.78 is 41.1. The highest BCUT2D eigenvalue weighted by molar-refractivity contribution is 5.97. The van der Waals surface area contributed by atoms with Gasteiger partial charge in [-0.2, -0.15) is 13.2 Å². The second kappa shape index (κ2) is 10.6. The number of carbonyl (C=O) groups excluding carboxylic acids is 1. The summed E-state index contributed by atoms with van der Waals surface area (Å²) in [7, 11) is 2.04. The van der Waals surface area contributed by atoms with Crippen molar-refractivity contribution in [3.05, 3.63) is 94.3 Å². The third-order valence-electron chi connectivity index (χ3n) is 7.30. The first kappa shape index (κ1) is 25.4. The Bertz CT molecular complexity index is 1250. The van der Waals surface area contributed by atoms with Crippen LogP contribution >= 0.6 is 0 Å². The summed E-state index contributed by atoms with van der Waals surface area (Å²) in [6, 6.07) is 13.7. The topological polar surface area (TPSA) is 39.7 Å². The quantitative estimate of drug-likeness (QED) is 0.446. The molecule has 3 aromatic rings. The number of alkyl halides is 3. The molecule has 1 aromatic heterocycles. The predicted molar refractivity (Wildman–Crippen MR) is 138 cm³/mol. The van der Waals surface area contributed by atoms with Crippen LogP contribution in [-0.4, -0.2) is 60.3 Å². The largest absolute Gasteiger partial charge is 0.416 e. The van der Waals surface area contributed by atoms with Crippen molar-refractivity contribution < 1.29 is 18.0 Å². The van der Waals surface area contributed by atoms with E-state index >= 15 is 0 Å². The van der Waals surface area contributed by atoms with E-state index in [2.05, 4.69) is 19.7 Å². The summed E-state index contributed by atoms with van der Waals surface area (Å²) >= 11 is 0. The molecule has 2 aromatic carbocycles. The number of anilines is 1. The maximum Gasteiger partial charge on any atom is 0.416 e. The van der Waals surface area contributed by atoms with Gasteiger partial charge in [0.05, 0.1) is 17.4 Å². The zero-order chi connectivity index (χ0) is 26.0. The number of piperazine rings is 1. The van der Waals surface area contributed by atoms with Crippen LogP contribution in [0, 0.1) is 0 Å². The van der Waals surface area contributed by atoms with Crippen molar-refractivity contribution >= 4 is 11.5 Å². The highest BCUT2D eigenvalue weighted by Crippen LogP contribution is 2.32. The van der Waals surface area contributed by atoms with Crippen molar-refractivity contribution in [3.63, 3.8) is 0 Å². The van der Waals surface area contributed by atoms with E-state index in [1.807, 2.05) is 37.5 Å². The van der Waals surface area contributed by atoms with E-state index in [4.69, 9.17) is 0 Å². The second-order valence-corrected chi connectivity index (χ2v) is 10.1. The molecule has 0 N–H and O–H groups in total. The molecule has 2 aliphatic heterocycles. The van der Waals surface area contributed by atoms with Crippen LogP contribution in [0.4, 0.5) is 18.9 Å². The Morgan fingerprint density at radius 1 is 0.946 bits per heavy atom. The van der Waals surface area contributed by atoms with E-state index in [0.717, 1.165) is 56.5 Å². The van der Waals surface area contributed by atoms with Gasteiger partial charge in [-0.25, -0.2) is 0 Å². The van der Waals surface area contributed by atoms with E-state index in [-0.39, 0.29) is 12.2 Å². The molecule has 5 rings (SSSR count). The number of aromatic nitrogens is 1. The number of nitrogens with zero attached hydrogens (tertiary/aromatic N) is 4. The molecule has 0 aliphatic carbocycles. The Morgan fingerprint density at radius 3 is 2.46 bits per heavy atom. The minimum absolute atomic E-state index is 0.0647. The molecule has 1 fully saturated rings. The summed E-state index contributed by atoms with van der Waals surface area (Å²) in [6.45, 7) is 5.38. The van der Waals surface area contributed by atoms with Crippen LogP contribution in [0.2, 0.25) is 0 Å². The third-order valence-corrected chi connectivity index (χ3v) is 7.30. The van der Waals surface area contributed by atoms with Crippen molar-refractivity contribution in [1.29, 1.82) is 0 Å². The lowest BCUT2D eigenvalue weighted by atomic mass is 9.93. The van der Waals surface area contributed by atoms with Gasteiger partial charge in [0.1, 0.15) is 0 Å². The molecule has 37 heavy (non-hydrogen) atoms. The molecule has 0 bridgehead atoms.